The van der Waals surface area contributed by atoms with Gasteiger partial charge in [0.25, 0.3) is 0 Å². The molecule has 3 rings (SSSR count). The van der Waals surface area contributed by atoms with Crippen molar-refractivity contribution >= 4 is 18.2 Å². The summed E-state index contributed by atoms with van der Waals surface area (Å²) < 4.78 is 27.4. The van der Waals surface area contributed by atoms with Crippen LogP contribution in [0.4, 0.5) is 5.69 Å². The van der Waals surface area contributed by atoms with Crippen LogP contribution in [0.3, 0.4) is 0 Å². The molecule has 0 bridgehead atoms. The SMILES string of the molecule is COc1cc(C2(c3ccc(OC)c(OC)c3OC)C=NC=N2)cc(N)c1OC. The smallest absolute Gasteiger partial charge is 0.203 e. The Bertz CT molecular complexity index is 928. The van der Waals surface area contributed by atoms with Gasteiger partial charge in [0.1, 0.15) is 6.34 Å². The Morgan fingerprint density at radius 1 is 0.786 bits per heavy atom. The molecule has 148 valence electrons. The van der Waals surface area contributed by atoms with Crippen molar-refractivity contribution in [3.63, 3.8) is 0 Å². The highest BCUT2D eigenvalue weighted by molar-refractivity contribution is 5.92. The van der Waals surface area contributed by atoms with Crippen LogP contribution in [0.1, 0.15) is 11.1 Å². The molecule has 0 radical (unpaired) electrons. The first-order valence-electron chi connectivity index (χ1n) is 8.45. The number of rotatable bonds is 7. The van der Waals surface area contributed by atoms with Crippen molar-refractivity contribution < 1.29 is 23.7 Å². The Kier molecular flexibility index (Phi) is 5.30. The molecular formula is C20H23N3O5. The lowest BCUT2D eigenvalue weighted by molar-refractivity contribution is 0.320. The van der Waals surface area contributed by atoms with E-state index in [2.05, 4.69) is 9.98 Å². The van der Waals surface area contributed by atoms with Crippen LogP contribution in [0, 0.1) is 0 Å². The maximum atomic E-state index is 6.21. The van der Waals surface area contributed by atoms with Crippen LogP contribution in [0.15, 0.2) is 34.3 Å². The summed E-state index contributed by atoms with van der Waals surface area (Å²) in [6.45, 7) is 0. The van der Waals surface area contributed by atoms with E-state index in [1.54, 1.807) is 46.8 Å². The maximum absolute atomic E-state index is 6.21. The quantitative estimate of drug-likeness (QED) is 0.736. The highest BCUT2D eigenvalue weighted by atomic mass is 16.5. The molecular weight excluding hydrogens is 362 g/mol. The van der Waals surface area contributed by atoms with E-state index < -0.39 is 5.54 Å². The number of ether oxygens (including phenoxy) is 5. The van der Waals surface area contributed by atoms with Crippen molar-refractivity contribution in [3.8, 4) is 28.7 Å². The fourth-order valence-corrected chi connectivity index (χ4v) is 3.36. The molecule has 0 aromatic heterocycles. The molecule has 8 nitrogen and oxygen atoms in total. The third-order valence-corrected chi connectivity index (χ3v) is 4.65. The van der Waals surface area contributed by atoms with Crippen molar-refractivity contribution in [2.45, 2.75) is 5.54 Å². The molecule has 1 aliphatic rings. The minimum absolute atomic E-state index is 0.422. The van der Waals surface area contributed by atoms with Gasteiger partial charge in [0.05, 0.1) is 41.2 Å². The molecule has 0 amide bonds. The van der Waals surface area contributed by atoms with Gasteiger partial charge in [-0.15, -0.1) is 0 Å². The number of nitrogens with two attached hydrogens (primary N) is 1. The van der Waals surface area contributed by atoms with Gasteiger partial charge in [0.15, 0.2) is 28.5 Å². The van der Waals surface area contributed by atoms with Gasteiger partial charge in [-0.25, -0.2) is 4.99 Å². The predicted octanol–water partition coefficient (Wildman–Crippen LogP) is 2.67. The lowest BCUT2D eigenvalue weighted by Gasteiger charge is -2.28. The van der Waals surface area contributed by atoms with Gasteiger partial charge in [-0.1, -0.05) is 0 Å². The van der Waals surface area contributed by atoms with E-state index in [0.717, 1.165) is 11.1 Å². The Hall–Kier alpha value is -3.42. The van der Waals surface area contributed by atoms with Crippen LogP contribution in [0.25, 0.3) is 0 Å². The lowest BCUT2D eigenvalue weighted by atomic mass is 9.83. The molecule has 1 heterocycles. The molecule has 0 aliphatic carbocycles. The summed E-state index contributed by atoms with van der Waals surface area (Å²) in [6, 6.07) is 7.26. The summed E-state index contributed by atoms with van der Waals surface area (Å²) in [5.41, 5.74) is 7.12. The first-order chi connectivity index (χ1) is 13.6. The Morgan fingerprint density at radius 3 is 2.00 bits per heavy atom. The summed E-state index contributed by atoms with van der Waals surface area (Å²) in [7, 11) is 7.77. The standard InChI is InChI=1S/C20H23N3O5/c1-24-15-7-6-13(17(26-3)19(15)28-5)20(10-22-11-23-20)12-8-14(21)18(27-4)16(9-12)25-2/h6-11H,21H2,1-5H3. The monoisotopic (exact) mass is 385 g/mol. The Balaban J connectivity index is 2.31. The van der Waals surface area contributed by atoms with Crippen LogP contribution in [0.5, 0.6) is 28.7 Å². The molecule has 2 aromatic rings. The minimum Gasteiger partial charge on any atom is -0.493 e. The maximum Gasteiger partial charge on any atom is 0.203 e. The van der Waals surface area contributed by atoms with Gasteiger partial charge in [0.2, 0.25) is 5.75 Å². The second-order valence-electron chi connectivity index (χ2n) is 5.97. The molecule has 2 aromatic carbocycles. The zero-order valence-electron chi connectivity index (χ0n) is 16.5. The molecule has 0 saturated heterocycles. The molecule has 0 spiro atoms. The average molecular weight is 385 g/mol. The van der Waals surface area contributed by atoms with Crippen LogP contribution in [0.2, 0.25) is 0 Å². The number of aliphatic imine (C=N–C) groups is 2. The normalized spacial score (nSPS) is 17.5. The Morgan fingerprint density at radius 2 is 1.46 bits per heavy atom. The van der Waals surface area contributed by atoms with Gasteiger partial charge >= 0.3 is 0 Å². The largest absolute Gasteiger partial charge is 0.493 e. The molecule has 0 fully saturated rings. The second-order valence-corrected chi connectivity index (χ2v) is 5.97. The summed E-state index contributed by atoms with van der Waals surface area (Å²) in [5.74, 6) is 2.45. The zero-order valence-corrected chi connectivity index (χ0v) is 16.5. The molecule has 1 atom stereocenters. The average Bonchev–Trinajstić information content (AvgIpc) is 3.22. The van der Waals surface area contributed by atoms with Crippen LogP contribution >= 0.6 is 0 Å². The van der Waals surface area contributed by atoms with Crippen molar-refractivity contribution in [3.05, 3.63) is 35.4 Å². The first kappa shape index (κ1) is 19.3. The van der Waals surface area contributed by atoms with Crippen LogP contribution in [-0.4, -0.2) is 48.1 Å². The van der Waals surface area contributed by atoms with E-state index in [-0.39, 0.29) is 0 Å². The fourth-order valence-electron chi connectivity index (χ4n) is 3.36. The van der Waals surface area contributed by atoms with Crippen molar-refractivity contribution in [2.24, 2.45) is 9.98 Å². The summed E-state index contributed by atoms with van der Waals surface area (Å²) >= 11 is 0. The highest BCUT2D eigenvalue weighted by Crippen LogP contribution is 2.49. The number of nitrogen functional groups attached to an aromatic ring is 1. The van der Waals surface area contributed by atoms with E-state index in [1.807, 2.05) is 12.1 Å². The number of anilines is 1. The highest BCUT2D eigenvalue weighted by Gasteiger charge is 2.39. The molecule has 28 heavy (non-hydrogen) atoms. The van der Waals surface area contributed by atoms with Gasteiger partial charge < -0.3 is 29.4 Å². The van der Waals surface area contributed by atoms with Gasteiger partial charge in [-0.2, -0.15) is 0 Å². The fraction of sp³-hybridized carbons (Fsp3) is 0.300. The van der Waals surface area contributed by atoms with Gasteiger partial charge in [0, 0.05) is 11.8 Å². The number of hydrogen-bond donors (Lipinski definition) is 1. The topological polar surface area (TPSA) is 96.9 Å². The Labute approximate surface area is 163 Å². The molecule has 1 aliphatic heterocycles. The van der Waals surface area contributed by atoms with Crippen molar-refractivity contribution in [2.75, 3.05) is 41.3 Å². The molecule has 8 heteroatoms. The third-order valence-electron chi connectivity index (χ3n) is 4.65. The number of nitrogens with zero attached hydrogens (tertiary/aromatic N) is 2. The van der Waals surface area contributed by atoms with E-state index in [9.17, 15) is 0 Å². The number of hydrogen-bond acceptors (Lipinski definition) is 8. The van der Waals surface area contributed by atoms with Crippen molar-refractivity contribution in [1.82, 2.24) is 0 Å². The first-order valence-corrected chi connectivity index (χ1v) is 8.45. The zero-order chi connectivity index (χ0) is 20.3. The number of methoxy groups -OCH3 is 5. The number of benzene rings is 2. The van der Waals surface area contributed by atoms with Crippen LogP contribution in [-0.2, 0) is 5.54 Å². The van der Waals surface area contributed by atoms with Gasteiger partial charge in [-0.3, -0.25) is 4.99 Å². The summed E-state index contributed by atoms with van der Waals surface area (Å²) in [5, 5.41) is 0. The molecule has 1 unspecified atom stereocenters. The predicted molar refractivity (Wildman–Crippen MR) is 108 cm³/mol. The third kappa shape index (κ3) is 2.87. The molecule has 2 N–H and O–H groups in total. The van der Waals surface area contributed by atoms with E-state index in [0.29, 0.717) is 34.4 Å². The van der Waals surface area contributed by atoms with Crippen molar-refractivity contribution in [1.29, 1.82) is 0 Å². The van der Waals surface area contributed by atoms with E-state index in [1.165, 1.54) is 13.4 Å². The molecule has 0 saturated carbocycles. The summed E-state index contributed by atoms with van der Waals surface area (Å²) in [4.78, 5) is 8.88. The lowest BCUT2D eigenvalue weighted by Crippen LogP contribution is -2.26. The summed E-state index contributed by atoms with van der Waals surface area (Å²) in [6.07, 6.45) is 3.21. The second kappa shape index (κ2) is 7.67. The van der Waals surface area contributed by atoms with E-state index >= 15 is 0 Å². The van der Waals surface area contributed by atoms with E-state index in [4.69, 9.17) is 29.4 Å². The minimum atomic E-state index is -0.974. The van der Waals surface area contributed by atoms with Gasteiger partial charge in [-0.05, 0) is 29.8 Å². The van der Waals surface area contributed by atoms with Crippen LogP contribution < -0.4 is 29.4 Å².